The minimum Gasteiger partial charge on any atom is -0.329 e. The van der Waals surface area contributed by atoms with Gasteiger partial charge in [-0.3, -0.25) is 4.57 Å². The van der Waals surface area contributed by atoms with Crippen LogP contribution in [0.2, 0.25) is 0 Å². The number of aromatic nitrogens is 7. The molecule has 0 saturated carbocycles. The molecule has 2 atom stereocenters. The summed E-state index contributed by atoms with van der Waals surface area (Å²) in [5.41, 5.74) is 4.57. The van der Waals surface area contributed by atoms with Crippen LogP contribution in [0.25, 0.3) is 28.2 Å². The average molecular weight is 447 g/mol. The second-order valence-electron chi connectivity index (χ2n) is 7.49. The molecule has 0 N–H and O–H groups in total. The third-order valence-electron chi connectivity index (χ3n) is 5.72. The number of fused-ring (bicyclic) bond motifs is 2. The molecule has 5 rings (SSSR count). The number of benzene rings is 1. The Morgan fingerprint density at radius 2 is 1.94 bits per heavy atom. The molecule has 0 spiro atoms. The lowest BCUT2D eigenvalue weighted by Crippen LogP contribution is -2.10. The highest BCUT2D eigenvalue weighted by molar-refractivity contribution is 7.66. The molecule has 0 bridgehead atoms. The van der Waals surface area contributed by atoms with E-state index in [9.17, 15) is 4.57 Å². The van der Waals surface area contributed by atoms with Crippen LogP contribution in [0.4, 0.5) is 0 Å². The Bertz CT molecular complexity index is 1450. The SMILES string of the molecule is CCP(=O)(OC)c1ccc(-c2cnc3nnn(C(C)c4ccc5nccn5c4)c3n2)cc1. The highest BCUT2D eigenvalue weighted by Crippen LogP contribution is 2.44. The summed E-state index contributed by atoms with van der Waals surface area (Å²) in [5.74, 6) is 0. The number of rotatable bonds is 6. The van der Waals surface area contributed by atoms with E-state index < -0.39 is 7.37 Å². The largest absolute Gasteiger partial charge is 0.329 e. The lowest BCUT2D eigenvalue weighted by molar-refractivity contribution is 0.404. The fraction of sp³-hybridized carbons (Fsp3) is 0.227. The number of imidazole rings is 1. The Morgan fingerprint density at radius 1 is 1.12 bits per heavy atom. The normalized spacial score (nSPS) is 14.6. The number of hydrogen-bond acceptors (Lipinski definition) is 7. The second kappa shape index (κ2) is 7.93. The van der Waals surface area contributed by atoms with Crippen molar-refractivity contribution in [1.29, 1.82) is 0 Å². The summed E-state index contributed by atoms with van der Waals surface area (Å²) in [4.78, 5) is 13.5. The van der Waals surface area contributed by atoms with Crippen molar-refractivity contribution >= 4 is 29.6 Å². The molecule has 5 aromatic rings. The van der Waals surface area contributed by atoms with Gasteiger partial charge in [0.25, 0.3) is 0 Å². The highest BCUT2D eigenvalue weighted by atomic mass is 31.2. The Balaban J connectivity index is 1.52. The van der Waals surface area contributed by atoms with Gasteiger partial charge < -0.3 is 8.92 Å². The van der Waals surface area contributed by atoms with Crippen LogP contribution >= 0.6 is 7.37 Å². The van der Waals surface area contributed by atoms with E-state index in [1.165, 1.54) is 7.11 Å². The first kappa shape index (κ1) is 20.5. The Kier molecular flexibility index (Phi) is 5.07. The fourth-order valence-electron chi connectivity index (χ4n) is 3.73. The molecule has 0 aliphatic rings. The van der Waals surface area contributed by atoms with Gasteiger partial charge in [-0.05, 0) is 30.7 Å². The predicted octanol–water partition coefficient (Wildman–Crippen LogP) is 3.72. The Morgan fingerprint density at radius 3 is 2.69 bits per heavy atom. The smallest absolute Gasteiger partial charge is 0.231 e. The molecule has 0 saturated heterocycles. The van der Waals surface area contributed by atoms with Gasteiger partial charge in [-0.2, -0.15) is 0 Å². The van der Waals surface area contributed by atoms with Crippen LogP contribution in [-0.4, -0.2) is 47.6 Å². The maximum Gasteiger partial charge on any atom is 0.231 e. The lowest BCUT2D eigenvalue weighted by atomic mass is 10.1. The quantitative estimate of drug-likeness (QED) is 0.366. The number of hydrogen-bond donors (Lipinski definition) is 0. The molecule has 0 fully saturated rings. The van der Waals surface area contributed by atoms with Gasteiger partial charge in [0.1, 0.15) is 5.65 Å². The van der Waals surface area contributed by atoms with Crippen molar-refractivity contribution < 1.29 is 9.09 Å². The molecule has 32 heavy (non-hydrogen) atoms. The standard InChI is InChI=1S/C22H22N7O2P/c1-4-32(30,31-3)18-8-5-16(6-9-18)19-13-24-21-22(25-19)29(27-26-21)15(2)17-7-10-20-23-11-12-28(20)14-17/h5-15H,4H2,1-3H3. The van der Waals surface area contributed by atoms with E-state index in [4.69, 9.17) is 9.51 Å². The van der Waals surface area contributed by atoms with Gasteiger partial charge in [-0.15, -0.1) is 5.10 Å². The van der Waals surface area contributed by atoms with E-state index in [1.54, 1.807) is 17.1 Å². The van der Waals surface area contributed by atoms with Crippen molar-refractivity contribution in [2.45, 2.75) is 19.9 Å². The summed E-state index contributed by atoms with van der Waals surface area (Å²) in [6.07, 6.45) is 7.83. The van der Waals surface area contributed by atoms with Gasteiger partial charge in [0.2, 0.25) is 13.0 Å². The maximum absolute atomic E-state index is 12.8. The van der Waals surface area contributed by atoms with Gasteiger partial charge in [0.15, 0.2) is 5.65 Å². The van der Waals surface area contributed by atoms with Crippen LogP contribution in [-0.2, 0) is 9.09 Å². The van der Waals surface area contributed by atoms with E-state index in [1.807, 2.05) is 67.0 Å². The molecule has 9 nitrogen and oxygen atoms in total. The minimum absolute atomic E-state index is 0.101. The third kappa shape index (κ3) is 3.39. The van der Waals surface area contributed by atoms with E-state index in [0.29, 0.717) is 28.5 Å². The van der Waals surface area contributed by atoms with Gasteiger partial charge in [0.05, 0.1) is 17.9 Å². The van der Waals surface area contributed by atoms with Gasteiger partial charge >= 0.3 is 0 Å². The summed E-state index contributed by atoms with van der Waals surface area (Å²) >= 11 is 0. The zero-order valence-corrected chi connectivity index (χ0v) is 18.8. The van der Waals surface area contributed by atoms with Crippen molar-refractivity contribution in [2.75, 3.05) is 13.3 Å². The average Bonchev–Trinajstić information content (AvgIpc) is 3.49. The van der Waals surface area contributed by atoms with Crippen molar-refractivity contribution in [3.63, 3.8) is 0 Å². The molecule has 0 aliphatic heterocycles. The predicted molar refractivity (Wildman–Crippen MR) is 122 cm³/mol. The first-order valence-electron chi connectivity index (χ1n) is 10.3. The molecular formula is C22H22N7O2P. The lowest BCUT2D eigenvalue weighted by Gasteiger charge is -2.15. The van der Waals surface area contributed by atoms with E-state index in [2.05, 4.69) is 20.3 Å². The van der Waals surface area contributed by atoms with E-state index in [0.717, 1.165) is 16.8 Å². The fourth-order valence-corrected chi connectivity index (χ4v) is 5.17. The molecule has 1 aromatic carbocycles. The summed E-state index contributed by atoms with van der Waals surface area (Å²) in [6.45, 7) is 3.90. The molecule has 10 heteroatoms. The first-order chi connectivity index (χ1) is 15.5. The summed E-state index contributed by atoms with van der Waals surface area (Å²) < 4.78 is 21.8. The summed E-state index contributed by atoms with van der Waals surface area (Å²) in [5, 5.41) is 9.18. The first-order valence-corrected chi connectivity index (χ1v) is 12.1. The highest BCUT2D eigenvalue weighted by Gasteiger charge is 2.22. The molecule has 0 radical (unpaired) electrons. The van der Waals surface area contributed by atoms with Gasteiger partial charge in [0, 0.05) is 42.7 Å². The van der Waals surface area contributed by atoms with Crippen LogP contribution in [0.3, 0.4) is 0 Å². The van der Waals surface area contributed by atoms with Gasteiger partial charge in [-0.1, -0.05) is 30.3 Å². The van der Waals surface area contributed by atoms with E-state index >= 15 is 0 Å². The maximum atomic E-state index is 12.8. The van der Waals surface area contributed by atoms with Crippen LogP contribution in [0.15, 0.2) is 61.2 Å². The zero-order chi connectivity index (χ0) is 22.3. The van der Waals surface area contributed by atoms with Crippen LogP contribution in [0, 0.1) is 0 Å². The van der Waals surface area contributed by atoms with Crippen molar-refractivity contribution in [3.8, 4) is 11.3 Å². The molecule has 0 amide bonds. The van der Waals surface area contributed by atoms with Crippen LogP contribution in [0.5, 0.6) is 0 Å². The molecule has 4 aromatic heterocycles. The number of nitrogens with zero attached hydrogens (tertiary/aromatic N) is 7. The van der Waals surface area contributed by atoms with E-state index in [-0.39, 0.29) is 6.04 Å². The monoisotopic (exact) mass is 447 g/mol. The minimum atomic E-state index is -2.81. The second-order valence-corrected chi connectivity index (χ2v) is 10.3. The van der Waals surface area contributed by atoms with Crippen molar-refractivity contribution in [3.05, 3.63) is 66.7 Å². The van der Waals surface area contributed by atoms with Crippen LogP contribution in [0.1, 0.15) is 25.5 Å². The Hall–Kier alpha value is -3.42. The number of pyridine rings is 1. The Labute approximate surface area is 184 Å². The topological polar surface area (TPSA) is 100 Å². The third-order valence-corrected chi connectivity index (χ3v) is 8.22. The summed E-state index contributed by atoms with van der Waals surface area (Å²) in [7, 11) is -1.33. The zero-order valence-electron chi connectivity index (χ0n) is 18.0. The van der Waals surface area contributed by atoms with Crippen molar-refractivity contribution in [2.24, 2.45) is 0 Å². The van der Waals surface area contributed by atoms with Crippen molar-refractivity contribution in [1.82, 2.24) is 34.3 Å². The molecule has 0 aliphatic carbocycles. The molecular weight excluding hydrogens is 425 g/mol. The van der Waals surface area contributed by atoms with Gasteiger partial charge in [-0.25, -0.2) is 19.6 Å². The van der Waals surface area contributed by atoms with Crippen LogP contribution < -0.4 is 5.30 Å². The molecule has 2 unspecified atom stereocenters. The molecule has 4 heterocycles. The molecule has 162 valence electrons. The summed E-state index contributed by atoms with van der Waals surface area (Å²) in [6, 6.07) is 11.3.